The number of aryl methyl sites for hydroxylation is 1. The second-order valence-electron chi connectivity index (χ2n) is 3.97. The largest absolute Gasteiger partial charge is 0.497 e. The molecule has 0 unspecified atom stereocenters. The molecule has 18 heavy (non-hydrogen) atoms. The molecule has 0 bridgehead atoms. The van der Waals surface area contributed by atoms with Crippen LogP contribution in [0.3, 0.4) is 0 Å². The van der Waals surface area contributed by atoms with Crippen LogP contribution in [0.15, 0.2) is 42.5 Å². The maximum atomic E-state index is 5.90. The van der Waals surface area contributed by atoms with E-state index in [4.69, 9.17) is 15.2 Å². The van der Waals surface area contributed by atoms with Gasteiger partial charge in [-0.2, -0.15) is 0 Å². The molecule has 0 spiro atoms. The van der Waals surface area contributed by atoms with Crippen LogP contribution in [0.25, 0.3) is 0 Å². The van der Waals surface area contributed by atoms with Gasteiger partial charge in [0.25, 0.3) is 0 Å². The van der Waals surface area contributed by atoms with Crippen molar-refractivity contribution in [3.63, 3.8) is 0 Å². The normalized spacial score (nSPS) is 10.1. The summed E-state index contributed by atoms with van der Waals surface area (Å²) in [4.78, 5) is 0. The second kappa shape index (κ2) is 5.45. The monoisotopic (exact) mass is 243 g/mol. The zero-order valence-electron chi connectivity index (χ0n) is 10.6. The molecule has 2 aromatic rings. The first-order valence-electron chi connectivity index (χ1n) is 5.94. The van der Waals surface area contributed by atoms with Crippen molar-refractivity contribution in [2.75, 3.05) is 12.8 Å². The first-order valence-corrected chi connectivity index (χ1v) is 5.94. The number of hydrogen-bond donors (Lipinski definition) is 1. The molecule has 3 heteroatoms. The molecule has 0 saturated heterocycles. The molecule has 2 rings (SSSR count). The molecular weight excluding hydrogens is 226 g/mol. The van der Waals surface area contributed by atoms with E-state index in [-0.39, 0.29) is 0 Å². The topological polar surface area (TPSA) is 44.5 Å². The Morgan fingerprint density at radius 1 is 1.06 bits per heavy atom. The zero-order valence-corrected chi connectivity index (χ0v) is 10.6. The van der Waals surface area contributed by atoms with Crippen LogP contribution in [0.5, 0.6) is 17.2 Å². The first-order chi connectivity index (χ1) is 8.74. The van der Waals surface area contributed by atoms with Gasteiger partial charge in [0.1, 0.15) is 11.5 Å². The zero-order chi connectivity index (χ0) is 13.0. The second-order valence-corrected chi connectivity index (χ2v) is 3.97. The van der Waals surface area contributed by atoms with Gasteiger partial charge in [0.15, 0.2) is 5.75 Å². The number of benzene rings is 2. The van der Waals surface area contributed by atoms with Gasteiger partial charge < -0.3 is 15.2 Å². The Hall–Kier alpha value is -2.16. The van der Waals surface area contributed by atoms with Gasteiger partial charge in [0.05, 0.1) is 12.8 Å². The minimum Gasteiger partial charge on any atom is -0.497 e. The van der Waals surface area contributed by atoms with E-state index < -0.39 is 0 Å². The summed E-state index contributed by atoms with van der Waals surface area (Å²) in [5.41, 5.74) is 7.65. The standard InChI is InChI=1S/C15H17NO2/c1-3-11-6-4-5-7-14(11)18-15-10-12(17-2)8-9-13(15)16/h4-10H,3,16H2,1-2H3. The Bertz CT molecular complexity index is 538. The van der Waals surface area contributed by atoms with Crippen LogP contribution in [0.4, 0.5) is 5.69 Å². The molecule has 2 N–H and O–H groups in total. The Morgan fingerprint density at radius 3 is 2.56 bits per heavy atom. The highest BCUT2D eigenvalue weighted by molar-refractivity contribution is 5.57. The summed E-state index contributed by atoms with van der Waals surface area (Å²) in [6.07, 6.45) is 0.917. The first kappa shape index (κ1) is 12.3. The maximum Gasteiger partial charge on any atom is 0.154 e. The van der Waals surface area contributed by atoms with Gasteiger partial charge in [-0.1, -0.05) is 25.1 Å². The quantitative estimate of drug-likeness (QED) is 0.834. The van der Waals surface area contributed by atoms with Gasteiger partial charge in [-0.25, -0.2) is 0 Å². The minimum atomic E-state index is 0.599. The van der Waals surface area contributed by atoms with E-state index in [0.717, 1.165) is 23.5 Å². The number of nitrogen functional groups attached to an aromatic ring is 1. The van der Waals surface area contributed by atoms with Gasteiger partial charge >= 0.3 is 0 Å². The van der Waals surface area contributed by atoms with E-state index in [9.17, 15) is 0 Å². The van der Waals surface area contributed by atoms with Crippen molar-refractivity contribution in [1.82, 2.24) is 0 Å². The van der Waals surface area contributed by atoms with Crippen molar-refractivity contribution in [1.29, 1.82) is 0 Å². The SMILES string of the molecule is CCc1ccccc1Oc1cc(OC)ccc1N. The van der Waals surface area contributed by atoms with Crippen molar-refractivity contribution in [3.8, 4) is 17.2 Å². The van der Waals surface area contributed by atoms with Crippen molar-refractivity contribution in [2.24, 2.45) is 0 Å². The third-order valence-electron chi connectivity index (χ3n) is 2.79. The van der Waals surface area contributed by atoms with Crippen molar-refractivity contribution < 1.29 is 9.47 Å². The van der Waals surface area contributed by atoms with Crippen molar-refractivity contribution in [2.45, 2.75) is 13.3 Å². The Balaban J connectivity index is 2.33. The lowest BCUT2D eigenvalue weighted by molar-refractivity contribution is 0.409. The number of nitrogens with two attached hydrogens (primary N) is 1. The smallest absolute Gasteiger partial charge is 0.154 e. The van der Waals surface area contributed by atoms with Crippen LogP contribution < -0.4 is 15.2 Å². The van der Waals surface area contributed by atoms with Gasteiger partial charge in [0.2, 0.25) is 0 Å². The summed E-state index contributed by atoms with van der Waals surface area (Å²) in [6.45, 7) is 2.09. The van der Waals surface area contributed by atoms with E-state index in [0.29, 0.717) is 11.4 Å². The maximum absolute atomic E-state index is 5.90. The number of rotatable bonds is 4. The molecule has 0 radical (unpaired) electrons. The summed E-state index contributed by atoms with van der Waals surface area (Å²) in [5, 5.41) is 0. The molecule has 0 aliphatic rings. The fourth-order valence-electron chi connectivity index (χ4n) is 1.74. The highest BCUT2D eigenvalue weighted by Gasteiger charge is 2.07. The lowest BCUT2D eigenvalue weighted by Gasteiger charge is -2.12. The molecular formula is C15H17NO2. The van der Waals surface area contributed by atoms with Gasteiger partial charge in [-0.3, -0.25) is 0 Å². The molecule has 0 amide bonds. The molecule has 0 aliphatic carbocycles. The Morgan fingerprint density at radius 2 is 1.83 bits per heavy atom. The lowest BCUT2D eigenvalue weighted by Crippen LogP contribution is -1.95. The van der Waals surface area contributed by atoms with Crippen LogP contribution in [-0.4, -0.2) is 7.11 Å². The number of para-hydroxylation sites is 1. The molecule has 0 aliphatic heterocycles. The Kier molecular flexibility index (Phi) is 3.72. The minimum absolute atomic E-state index is 0.599. The number of methoxy groups -OCH3 is 1. The fourth-order valence-corrected chi connectivity index (χ4v) is 1.74. The van der Waals surface area contributed by atoms with Gasteiger partial charge in [0, 0.05) is 6.07 Å². The van der Waals surface area contributed by atoms with Gasteiger partial charge in [-0.15, -0.1) is 0 Å². The van der Waals surface area contributed by atoms with Gasteiger partial charge in [-0.05, 0) is 30.2 Å². The van der Waals surface area contributed by atoms with E-state index in [1.807, 2.05) is 30.3 Å². The molecule has 0 fully saturated rings. The molecule has 0 atom stereocenters. The van der Waals surface area contributed by atoms with Crippen LogP contribution in [0, 0.1) is 0 Å². The van der Waals surface area contributed by atoms with Crippen molar-refractivity contribution >= 4 is 5.69 Å². The molecule has 2 aromatic carbocycles. The molecule has 0 saturated carbocycles. The average Bonchev–Trinajstić information content (AvgIpc) is 2.42. The van der Waals surface area contributed by atoms with Crippen LogP contribution in [0.1, 0.15) is 12.5 Å². The molecule has 0 aromatic heterocycles. The third-order valence-corrected chi connectivity index (χ3v) is 2.79. The predicted molar refractivity (Wildman–Crippen MR) is 73.3 cm³/mol. The van der Waals surface area contributed by atoms with Crippen LogP contribution in [-0.2, 0) is 6.42 Å². The number of anilines is 1. The summed E-state index contributed by atoms with van der Waals surface area (Å²) in [6, 6.07) is 13.3. The van der Waals surface area contributed by atoms with Crippen LogP contribution in [0.2, 0.25) is 0 Å². The third kappa shape index (κ3) is 2.56. The molecule has 94 valence electrons. The highest BCUT2D eigenvalue weighted by Crippen LogP contribution is 2.32. The lowest BCUT2D eigenvalue weighted by atomic mass is 10.1. The Labute approximate surface area is 107 Å². The highest BCUT2D eigenvalue weighted by atomic mass is 16.5. The van der Waals surface area contributed by atoms with Crippen molar-refractivity contribution in [3.05, 3.63) is 48.0 Å². The molecule has 3 nitrogen and oxygen atoms in total. The fraction of sp³-hybridized carbons (Fsp3) is 0.200. The average molecular weight is 243 g/mol. The van der Waals surface area contributed by atoms with Crippen LogP contribution >= 0.6 is 0 Å². The van der Waals surface area contributed by atoms with E-state index in [1.54, 1.807) is 19.2 Å². The number of hydrogen-bond acceptors (Lipinski definition) is 3. The summed E-state index contributed by atoms with van der Waals surface area (Å²) in [7, 11) is 1.62. The summed E-state index contributed by atoms with van der Waals surface area (Å²) < 4.78 is 11.0. The van der Waals surface area contributed by atoms with E-state index in [2.05, 4.69) is 6.92 Å². The summed E-state index contributed by atoms with van der Waals surface area (Å²) in [5.74, 6) is 2.18. The molecule has 0 heterocycles. The van der Waals surface area contributed by atoms with E-state index >= 15 is 0 Å². The number of ether oxygens (including phenoxy) is 2. The predicted octanol–water partition coefficient (Wildman–Crippen LogP) is 3.63. The summed E-state index contributed by atoms with van der Waals surface area (Å²) >= 11 is 0. The van der Waals surface area contributed by atoms with E-state index in [1.165, 1.54) is 0 Å².